The number of nitrogens with zero attached hydrogens (tertiary/aromatic N) is 1. The van der Waals surface area contributed by atoms with E-state index in [1.165, 1.54) is 11.6 Å². The van der Waals surface area contributed by atoms with E-state index in [4.69, 9.17) is 4.42 Å². The lowest BCUT2D eigenvalue weighted by molar-refractivity contribution is 0.489. The van der Waals surface area contributed by atoms with Crippen LogP contribution in [0.3, 0.4) is 0 Å². The standard InChI is InChI=1S/C18H16FNO2/c1-11-7-17-16(9-15(11)19)20(18(21)22-17)10-13-8-14(13)12-5-3-2-4-6-12/h2-7,9,13-14H,8,10H2,1H3. The largest absolute Gasteiger partial charge is 0.419 e. The summed E-state index contributed by atoms with van der Waals surface area (Å²) < 4.78 is 20.6. The maximum Gasteiger partial charge on any atom is 0.419 e. The Balaban J connectivity index is 1.65. The summed E-state index contributed by atoms with van der Waals surface area (Å²) in [5.41, 5.74) is 2.80. The van der Waals surface area contributed by atoms with Gasteiger partial charge in [-0.25, -0.2) is 9.18 Å². The van der Waals surface area contributed by atoms with Crippen LogP contribution in [0.4, 0.5) is 4.39 Å². The molecule has 1 heterocycles. The van der Waals surface area contributed by atoms with Crippen LogP contribution >= 0.6 is 0 Å². The van der Waals surface area contributed by atoms with Crippen LogP contribution < -0.4 is 5.76 Å². The van der Waals surface area contributed by atoms with Crippen LogP contribution in [0.25, 0.3) is 11.1 Å². The number of halogens is 1. The minimum absolute atomic E-state index is 0.308. The second-order valence-corrected chi connectivity index (χ2v) is 6.06. The first kappa shape index (κ1) is 13.3. The fourth-order valence-electron chi connectivity index (χ4n) is 3.15. The average molecular weight is 297 g/mol. The van der Waals surface area contributed by atoms with Crippen LogP contribution in [0.1, 0.15) is 23.5 Å². The molecule has 22 heavy (non-hydrogen) atoms. The summed E-state index contributed by atoms with van der Waals surface area (Å²) in [5, 5.41) is 0. The summed E-state index contributed by atoms with van der Waals surface area (Å²) in [6.07, 6.45) is 1.05. The van der Waals surface area contributed by atoms with Gasteiger partial charge < -0.3 is 4.42 Å². The fraction of sp³-hybridized carbons (Fsp3) is 0.278. The van der Waals surface area contributed by atoms with Gasteiger partial charge in [-0.05, 0) is 42.4 Å². The third-order valence-corrected chi connectivity index (χ3v) is 4.52. The fourth-order valence-corrected chi connectivity index (χ4v) is 3.15. The topological polar surface area (TPSA) is 35.1 Å². The van der Waals surface area contributed by atoms with Crippen molar-refractivity contribution < 1.29 is 8.81 Å². The molecule has 0 bridgehead atoms. The zero-order valence-corrected chi connectivity index (χ0v) is 12.3. The SMILES string of the molecule is Cc1cc2oc(=O)n(CC3CC3c3ccccc3)c2cc1F. The normalized spacial score (nSPS) is 20.5. The van der Waals surface area contributed by atoms with Crippen molar-refractivity contribution in [2.75, 3.05) is 0 Å². The lowest BCUT2D eigenvalue weighted by Gasteiger charge is -2.03. The maximum atomic E-state index is 13.8. The molecule has 2 atom stereocenters. The Hall–Kier alpha value is -2.36. The van der Waals surface area contributed by atoms with E-state index in [0.29, 0.717) is 35.0 Å². The molecule has 1 aliphatic rings. The lowest BCUT2D eigenvalue weighted by atomic mass is 10.1. The molecule has 4 rings (SSSR count). The third kappa shape index (κ3) is 2.15. The van der Waals surface area contributed by atoms with Crippen LogP contribution in [0.5, 0.6) is 0 Å². The van der Waals surface area contributed by atoms with Crippen LogP contribution in [0.2, 0.25) is 0 Å². The van der Waals surface area contributed by atoms with Crippen LogP contribution in [0, 0.1) is 18.7 Å². The van der Waals surface area contributed by atoms with Gasteiger partial charge in [-0.2, -0.15) is 0 Å². The van der Waals surface area contributed by atoms with E-state index in [2.05, 4.69) is 12.1 Å². The van der Waals surface area contributed by atoms with E-state index in [1.54, 1.807) is 17.6 Å². The minimum Gasteiger partial charge on any atom is -0.408 e. The molecule has 3 aromatic rings. The Morgan fingerprint density at radius 1 is 1.27 bits per heavy atom. The Morgan fingerprint density at radius 2 is 2.05 bits per heavy atom. The van der Waals surface area contributed by atoms with Gasteiger partial charge in [-0.3, -0.25) is 4.57 Å². The predicted molar refractivity (Wildman–Crippen MR) is 82.5 cm³/mol. The first-order chi connectivity index (χ1) is 10.6. The molecule has 1 fully saturated rings. The van der Waals surface area contributed by atoms with E-state index in [1.807, 2.05) is 18.2 Å². The molecule has 0 N–H and O–H groups in total. The molecule has 1 saturated carbocycles. The highest BCUT2D eigenvalue weighted by Crippen LogP contribution is 2.48. The molecule has 3 nitrogen and oxygen atoms in total. The van der Waals surface area contributed by atoms with Crippen molar-refractivity contribution in [1.82, 2.24) is 4.57 Å². The van der Waals surface area contributed by atoms with Crippen LogP contribution in [-0.2, 0) is 6.54 Å². The van der Waals surface area contributed by atoms with Gasteiger partial charge in [-0.15, -0.1) is 0 Å². The van der Waals surface area contributed by atoms with E-state index >= 15 is 0 Å². The molecule has 0 spiro atoms. The van der Waals surface area contributed by atoms with Gasteiger partial charge in [0.15, 0.2) is 5.58 Å². The van der Waals surface area contributed by atoms with E-state index in [-0.39, 0.29) is 5.82 Å². The summed E-state index contributed by atoms with van der Waals surface area (Å²) in [6, 6.07) is 13.3. The number of hydrogen-bond donors (Lipinski definition) is 0. The zero-order chi connectivity index (χ0) is 15.3. The van der Waals surface area contributed by atoms with Crippen molar-refractivity contribution >= 4 is 11.1 Å². The number of oxazole rings is 1. The minimum atomic E-state index is -0.404. The molecule has 0 amide bonds. The average Bonchev–Trinajstić information content (AvgIpc) is 3.22. The molecule has 4 heteroatoms. The molecule has 112 valence electrons. The Morgan fingerprint density at radius 3 is 2.82 bits per heavy atom. The van der Waals surface area contributed by atoms with Gasteiger partial charge in [0.1, 0.15) is 5.82 Å². The highest BCUT2D eigenvalue weighted by molar-refractivity contribution is 5.74. The highest BCUT2D eigenvalue weighted by atomic mass is 19.1. The van der Waals surface area contributed by atoms with Crippen molar-refractivity contribution in [1.29, 1.82) is 0 Å². The molecule has 0 radical (unpaired) electrons. The summed E-state index contributed by atoms with van der Waals surface area (Å²) in [7, 11) is 0. The van der Waals surface area contributed by atoms with Crippen molar-refractivity contribution in [3.63, 3.8) is 0 Å². The van der Waals surface area contributed by atoms with Gasteiger partial charge in [0.2, 0.25) is 0 Å². The molecule has 1 aromatic heterocycles. The van der Waals surface area contributed by atoms with E-state index < -0.39 is 5.76 Å². The first-order valence-electron chi connectivity index (χ1n) is 7.48. The number of aryl methyl sites for hydroxylation is 1. The van der Waals surface area contributed by atoms with Crippen molar-refractivity contribution in [2.24, 2.45) is 5.92 Å². The molecule has 0 saturated heterocycles. The van der Waals surface area contributed by atoms with Gasteiger partial charge >= 0.3 is 5.76 Å². The van der Waals surface area contributed by atoms with Gasteiger partial charge in [-0.1, -0.05) is 30.3 Å². The van der Waals surface area contributed by atoms with Crippen LogP contribution in [-0.4, -0.2) is 4.57 Å². The molecular formula is C18H16FNO2. The number of benzene rings is 2. The quantitative estimate of drug-likeness (QED) is 0.736. The molecule has 2 aromatic carbocycles. The van der Waals surface area contributed by atoms with Gasteiger partial charge in [0, 0.05) is 12.6 Å². The Kier molecular flexibility index (Phi) is 2.93. The van der Waals surface area contributed by atoms with E-state index in [9.17, 15) is 9.18 Å². The third-order valence-electron chi connectivity index (χ3n) is 4.52. The number of rotatable bonds is 3. The smallest absolute Gasteiger partial charge is 0.408 e. The number of hydrogen-bond acceptors (Lipinski definition) is 2. The summed E-state index contributed by atoms with van der Waals surface area (Å²) in [4.78, 5) is 12.0. The van der Waals surface area contributed by atoms with Crippen molar-refractivity contribution in [2.45, 2.75) is 25.8 Å². The second-order valence-electron chi connectivity index (χ2n) is 6.06. The monoisotopic (exact) mass is 297 g/mol. The van der Waals surface area contributed by atoms with Crippen LogP contribution in [0.15, 0.2) is 51.7 Å². The zero-order valence-electron chi connectivity index (χ0n) is 12.3. The number of aromatic nitrogens is 1. The maximum absolute atomic E-state index is 13.8. The summed E-state index contributed by atoms with van der Waals surface area (Å²) in [5.74, 6) is 0.176. The lowest BCUT2D eigenvalue weighted by Crippen LogP contribution is -2.15. The molecule has 2 unspecified atom stereocenters. The molecule has 0 aliphatic heterocycles. The van der Waals surface area contributed by atoms with Crippen molar-refractivity contribution in [3.8, 4) is 0 Å². The summed E-state index contributed by atoms with van der Waals surface area (Å²) >= 11 is 0. The predicted octanol–water partition coefficient (Wildman–Crippen LogP) is 3.85. The Labute approximate surface area is 127 Å². The van der Waals surface area contributed by atoms with Gasteiger partial charge in [0.25, 0.3) is 0 Å². The molecular weight excluding hydrogens is 281 g/mol. The summed E-state index contributed by atoms with van der Waals surface area (Å²) in [6.45, 7) is 2.24. The van der Waals surface area contributed by atoms with Crippen molar-refractivity contribution in [3.05, 3.63) is 70.0 Å². The first-order valence-corrected chi connectivity index (χ1v) is 7.48. The molecule has 1 aliphatic carbocycles. The number of fused-ring (bicyclic) bond motifs is 1. The second kappa shape index (κ2) is 4.83. The van der Waals surface area contributed by atoms with E-state index in [0.717, 1.165) is 6.42 Å². The highest BCUT2D eigenvalue weighted by Gasteiger charge is 2.39. The van der Waals surface area contributed by atoms with Gasteiger partial charge in [0.05, 0.1) is 5.52 Å². The Bertz CT molecular complexity index is 895.